The molecule has 1 aliphatic carbocycles. The lowest BCUT2D eigenvalue weighted by Gasteiger charge is -2.36. The number of ether oxygens (including phenoxy) is 1. The Morgan fingerprint density at radius 2 is 2.41 bits per heavy atom. The molecule has 1 N–H and O–H groups in total. The summed E-state index contributed by atoms with van der Waals surface area (Å²) in [5.74, 6) is 0.158. The topological polar surface area (TPSA) is 53.9 Å². The summed E-state index contributed by atoms with van der Waals surface area (Å²) in [6.45, 7) is 6.14. The average molecular weight is 368 g/mol. The number of fused-ring (bicyclic) bond motifs is 1. The first-order valence-corrected chi connectivity index (χ1v) is 8.83. The van der Waals surface area contributed by atoms with Crippen LogP contribution in [0.15, 0.2) is 29.0 Å². The minimum atomic E-state index is -0.279. The van der Waals surface area contributed by atoms with Crippen molar-refractivity contribution in [2.75, 3.05) is 19.7 Å². The van der Waals surface area contributed by atoms with Crippen LogP contribution in [0.3, 0.4) is 0 Å². The van der Waals surface area contributed by atoms with E-state index in [1.807, 2.05) is 6.92 Å². The van der Waals surface area contributed by atoms with Crippen molar-refractivity contribution in [2.45, 2.75) is 31.1 Å². The van der Waals surface area contributed by atoms with Gasteiger partial charge in [-0.2, -0.15) is 5.10 Å². The average Bonchev–Trinajstić information content (AvgIpc) is 2.90. The number of esters is 1. The zero-order valence-corrected chi connectivity index (χ0v) is 14.5. The number of alkyl halides is 1. The molecule has 0 amide bonds. The SMILES string of the molecule is CCOC(=O)C1=NN(C2=CC=CC(Br)C2C)C2CCNCC12. The van der Waals surface area contributed by atoms with Gasteiger partial charge >= 0.3 is 5.97 Å². The lowest BCUT2D eigenvalue weighted by molar-refractivity contribution is -0.135. The number of allylic oxidation sites excluding steroid dienone is 4. The van der Waals surface area contributed by atoms with E-state index in [2.05, 4.69) is 56.5 Å². The van der Waals surface area contributed by atoms with Gasteiger partial charge in [0, 0.05) is 28.9 Å². The highest BCUT2D eigenvalue weighted by molar-refractivity contribution is 9.09. The summed E-state index contributed by atoms with van der Waals surface area (Å²) in [5, 5.41) is 10.1. The molecule has 3 aliphatic rings. The van der Waals surface area contributed by atoms with Crippen LogP contribution in [0.4, 0.5) is 0 Å². The monoisotopic (exact) mass is 367 g/mol. The Hall–Kier alpha value is -1.14. The molecule has 6 heteroatoms. The molecule has 3 rings (SSSR count). The number of nitrogens with zero attached hydrogens (tertiary/aromatic N) is 2. The van der Waals surface area contributed by atoms with Gasteiger partial charge in [0.05, 0.1) is 12.6 Å². The Morgan fingerprint density at radius 1 is 1.59 bits per heavy atom. The first-order chi connectivity index (χ1) is 10.6. The minimum Gasteiger partial charge on any atom is -0.461 e. The van der Waals surface area contributed by atoms with Crippen molar-refractivity contribution in [3.05, 3.63) is 23.9 Å². The van der Waals surface area contributed by atoms with E-state index in [4.69, 9.17) is 4.74 Å². The van der Waals surface area contributed by atoms with Crippen LogP contribution in [0, 0.1) is 11.8 Å². The predicted octanol–water partition coefficient (Wildman–Crippen LogP) is 2.05. The van der Waals surface area contributed by atoms with Crippen molar-refractivity contribution in [3.63, 3.8) is 0 Å². The van der Waals surface area contributed by atoms with Gasteiger partial charge in [0.15, 0.2) is 5.71 Å². The molecule has 2 heterocycles. The van der Waals surface area contributed by atoms with Gasteiger partial charge in [-0.25, -0.2) is 4.79 Å². The lowest BCUT2D eigenvalue weighted by atomic mass is 9.88. The Labute approximate surface area is 139 Å². The zero-order chi connectivity index (χ0) is 15.7. The van der Waals surface area contributed by atoms with Crippen LogP contribution in [-0.2, 0) is 9.53 Å². The van der Waals surface area contributed by atoms with Crippen LogP contribution in [0.1, 0.15) is 20.3 Å². The second-order valence-corrected chi connectivity index (χ2v) is 6.98. The van der Waals surface area contributed by atoms with Crippen LogP contribution in [0.25, 0.3) is 0 Å². The second kappa shape index (κ2) is 6.54. The third-order valence-electron chi connectivity index (χ3n) is 4.58. The van der Waals surface area contributed by atoms with Gasteiger partial charge in [-0.3, -0.25) is 5.01 Å². The Morgan fingerprint density at radius 3 is 3.18 bits per heavy atom. The molecule has 2 aliphatic heterocycles. The number of hydrogen-bond acceptors (Lipinski definition) is 5. The maximum atomic E-state index is 12.2. The molecule has 5 nitrogen and oxygen atoms in total. The van der Waals surface area contributed by atoms with Crippen molar-refractivity contribution in [2.24, 2.45) is 16.9 Å². The van der Waals surface area contributed by atoms with Crippen molar-refractivity contribution in [1.29, 1.82) is 0 Å². The molecule has 1 saturated heterocycles. The Kier molecular flexibility index (Phi) is 4.68. The molecule has 0 aromatic heterocycles. The second-order valence-electron chi connectivity index (χ2n) is 5.93. The first kappa shape index (κ1) is 15.7. The van der Waals surface area contributed by atoms with E-state index in [1.54, 1.807) is 0 Å². The van der Waals surface area contributed by atoms with Crippen LogP contribution in [0.2, 0.25) is 0 Å². The third-order valence-corrected chi connectivity index (χ3v) is 5.68. The zero-order valence-electron chi connectivity index (χ0n) is 13.0. The molecule has 0 bridgehead atoms. The number of hydrogen-bond donors (Lipinski definition) is 1. The third kappa shape index (κ3) is 2.74. The summed E-state index contributed by atoms with van der Waals surface area (Å²) in [5.41, 5.74) is 1.73. The number of rotatable bonds is 3. The van der Waals surface area contributed by atoms with E-state index >= 15 is 0 Å². The fourth-order valence-corrected chi connectivity index (χ4v) is 3.80. The highest BCUT2D eigenvalue weighted by Crippen LogP contribution is 2.36. The fraction of sp³-hybridized carbons (Fsp3) is 0.625. The van der Waals surface area contributed by atoms with E-state index in [9.17, 15) is 4.79 Å². The van der Waals surface area contributed by atoms with Crippen molar-refractivity contribution in [1.82, 2.24) is 10.3 Å². The number of carbonyl (C=O) groups excluding carboxylic acids is 1. The molecule has 22 heavy (non-hydrogen) atoms. The van der Waals surface area contributed by atoms with Gasteiger partial charge in [0.2, 0.25) is 0 Å². The molecule has 0 saturated carbocycles. The molecule has 0 aromatic rings. The molecule has 4 atom stereocenters. The largest absolute Gasteiger partial charge is 0.461 e. The summed E-state index contributed by atoms with van der Waals surface area (Å²) in [7, 11) is 0. The molecule has 0 aromatic carbocycles. The van der Waals surface area contributed by atoms with Gasteiger partial charge in [0.1, 0.15) is 0 Å². The molecule has 120 valence electrons. The van der Waals surface area contributed by atoms with Gasteiger partial charge in [0.25, 0.3) is 0 Å². The summed E-state index contributed by atoms with van der Waals surface area (Å²) >= 11 is 3.69. The fourth-order valence-electron chi connectivity index (χ4n) is 3.35. The summed E-state index contributed by atoms with van der Waals surface area (Å²) < 4.78 is 5.19. The highest BCUT2D eigenvalue weighted by Gasteiger charge is 2.44. The van der Waals surface area contributed by atoms with E-state index in [0.29, 0.717) is 23.1 Å². The smallest absolute Gasteiger partial charge is 0.354 e. The summed E-state index contributed by atoms with van der Waals surface area (Å²) in [6, 6.07) is 0.251. The van der Waals surface area contributed by atoms with Crippen LogP contribution >= 0.6 is 15.9 Å². The number of nitrogens with one attached hydrogen (secondary N) is 1. The lowest BCUT2D eigenvalue weighted by Crippen LogP contribution is -2.47. The minimum absolute atomic E-state index is 0.112. The molecule has 4 unspecified atom stereocenters. The highest BCUT2D eigenvalue weighted by atomic mass is 79.9. The summed E-state index contributed by atoms with van der Waals surface area (Å²) in [6.07, 6.45) is 7.29. The maximum absolute atomic E-state index is 12.2. The predicted molar refractivity (Wildman–Crippen MR) is 89.8 cm³/mol. The molecular weight excluding hydrogens is 346 g/mol. The quantitative estimate of drug-likeness (QED) is 0.612. The van der Waals surface area contributed by atoms with Crippen LogP contribution in [-0.4, -0.2) is 47.3 Å². The van der Waals surface area contributed by atoms with Crippen molar-refractivity contribution >= 4 is 27.6 Å². The number of carbonyl (C=O) groups is 1. The maximum Gasteiger partial charge on any atom is 0.354 e. The van der Waals surface area contributed by atoms with Crippen LogP contribution in [0.5, 0.6) is 0 Å². The molecular formula is C16H22BrN3O2. The first-order valence-electron chi connectivity index (χ1n) is 7.91. The van der Waals surface area contributed by atoms with Gasteiger partial charge < -0.3 is 10.1 Å². The normalized spacial score (nSPS) is 34.0. The van der Waals surface area contributed by atoms with E-state index in [1.165, 1.54) is 5.70 Å². The Balaban J connectivity index is 1.91. The van der Waals surface area contributed by atoms with E-state index in [0.717, 1.165) is 19.5 Å². The molecule has 1 fully saturated rings. The number of halogens is 1. The van der Waals surface area contributed by atoms with Gasteiger partial charge in [-0.15, -0.1) is 0 Å². The van der Waals surface area contributed by atoms with Gasteiger partial charge in [-0.1, -0.05) is 35.0 Å². The summed E-state index contributed by atoms with van der Waals surface area (Å²) in [4.78, 5) is 12.5. The number of piperidine rings is 1. The number of hydrazone groups is 1. The van der Waals surface area contributed by atoms with E-state index in [-0.39, 0.29) is 17.9 Å². The van der Waals surface area contributed by atoms with Crippen molar-refractivity contribution in [3.8, 4) is 0 Å². The van der Waals surface area contributed by atoms with Crippen LogP contribution < -0.4 is 5.32 Å². The molecule has 0 spiro atoms. The van der Waals surface area contributed by atoms with E-state index < -0.39 is 0 Å². The van der Waals surface area contributed by atoms with Gasteiger partial charge in [-0.05, 0) is 26.0 Å². The van der Waals surface area contributed by atoms with Crippen molar-refractivity contribution < 1.29 is 9.53 Å². The standard InChI is InChI=1S/C16H22BrN3O2/c1-3-22-16(21)15-11-9-18-8-7-14(11)20(19-15)13-6-4-5-12(17)10(13)2/h4-6,10-12,14,18H,3,7-9H2,1-2H3. The Bertz CT molecular complexity index is 544. The molecule has 0 radical (unpaired) electrons.